The van der Waals surface area contributed by atoms with Gasteiger partial charge in [0, 0.05) is 0 Å². The van der Waals surface area contributed by atoms with Crippen LogP contribution >= 0.6 is 0 Å². The van der Waals surface area contributed by atoms with Crippen LogP contribution in [-0.2, 0) is 23.1 Å². The molecule has 9 heteroatoms. The van der Waals surface area contributed by atoms with E-state index in [9.17, 15) is 8.42 Å². The summed E-state index contributed by atoms with van der Waals surface area (Å²) in [6, 6.07) is 0. The van der Waals surface area contributed by atoms with Crippen LogP contribution in [0.2, 0.25) is 0 Å². The van der Waals surface area contributed by atoms with Gasteiger partial charge in [0.25, 0.3) is 0 Å². The van der Waals surface area contributed by atoms with Crippen LogP contribution in [0.3, 0.4) is 0 Å². The number of hydrogen-bond acceptors (Lipinski definition) is 6. The Morgan fingerprint density at radius 1 is 1.38 bits per heavy atom. The molecule has 2 aromatic rings. The van der Waals surface area contributed by atoms with E-state index in [-0.39, 0.29) is 24.6 Å². The van der Waals surface area contributed by atoms with Gasteiger partial charge in [-0.3, -0.25) is 4.68 Å². The van der Waals surface area contributed by atoms with Gasteiger partial charge in [0.2, 0.25) is 15.9 Å². The zero-order chi connectivity index (χ0) is 15.6. The minimum atomic E-state index is -3.72. The molecule has 0 aliphatic rings. The normalized spacial score (nSPS) is 12.0. The number of hydrogen-bond donors (Lipinski definition) is 2. The molecular formula is C12H18N4O4S. The molecule has 2 heterocycles. The van der Waals surface area contributed by atoms with Crippen LogP contribution < -0.4 is 4.72 Å². The van der Waals surface area contributed by atoms with Crippen molar-refractivity contribution in [3.8, 4) is 0 Å². The number of nitrogens with zero attached hydrogens (tertiary/aromatic N) is 3. The Hall–Kier alpha value is -1.71. The molecular weight excluding hydrogens is 296 g/mol. The van der Waals surface area contributed by atoms with Gasteiger partial charge < -0.3 is 9.52 Å². The summed E-state index contributed by atoms with van der Waals surface area (Å²) in [4.78, 5) is 4.07. The number of sulfonamides is 1. The molecule has 0 radical (unpaired) electrons. The van der Waals surface area contributed by atoms with Crippen molar-refractivity contribution >= 4 is 10.0 Å². The molecule has 0 aliphatic heterocycles. The van der Waals surface area contributed by atoms with E-state index in [1.165, 1.54) is 10.9 Å². The van der Waals surface area contributed by atoms with Crippen LogP contribution in [-0.4, -0.2) is 34.9 Å². The van der Waals surface area contributed by atoms with Crippen LogP contribution in [0.4, 0.5) is 0 Å². The summed E-state index contributed by atoms with van der Waals surface area (Å²) in [5.41, 5.74) is 0.870. The summed E-state index contributed by atoms with van der Waals surface area (Å²) in [6.45, 7) is 5.12. The minimum Gasteiger partial charge on any atom is -0.445 e. The highest BCUT2D eigenvalue weighted by atomic mass is 32.2. The van der Waals surface area contributed by atoms with Crippen molar-refractivity contribution < 1.29 is 17.9 Å². The fourth-order valence-corrected chi connectivity index (χ4v) is 3.48. The molecule has 0 amide bonds. The van der Waals surface area contributed by atoms with E-state index in [2.05, 4.69) is 14.8 Å². The molecule has 0 aromatic carbocycles. The highest BCUT2D eigenvalue weighted by Crippen LogP contribution is 2.19. The third-order valence-electron chi connectivity index (χ3n) is 2.98. The van der Waals surface area contributed by atoms with E-state index in [4.69, 9.17) is 9.52 Å². The lowest BCUT2D eigenvalue weighted by Gasteiger charge is -2.06. The van der Waals surface area contributed by atoms with Crippen LogP contribution in [0.15, 0.2) is 15.5 Å². The molecule has 21 heavy (non-hydrogen) atoms. The first kappa shape index (κ1) is 15.7. The lowest BCUT2D eigenvalue weighted by Crippen LogP contribution is -2.24. The van der Waals surface area contributed by atoms with Crippen LogP contribution in [0, 0.1) is 20.8 Å². The maximum absolute atomic E-state index is 12.4. The zero-order valence-corrected chi connectivity index (χ0v) is 12.9. The van der Waals surface area contributed by atoms with E-state index < -0.39 is 10.0 Å². The van der Waals surface area contributed by atoms with E-state index in [1.807, 2.05) is 0 Å². The average Bonchev–Trinajstić information content (AvgIpc) is 2.93. The number of aliphatic hydroxyl groups is 1. The molecule has 0 aliphatic carbocycles. The topological polar surface area (TPSA) is 110 Å². The van der Waals surface area contributed by atoms with Gasteiger partial charge >= 0.3 is 0 Å². The zero-order valence-electron chi connectivity index (χ0n) is 12.1. The van der Waals surface area contributed by atoms with Gasteiger partial charge in [0.1, 0.15) is 10.7 Å². The van der Waals surface area contributed by atoms with Crippen molar-refractivity contribution in [2.24, 2.45) is 0 Å². The molecule has 0 spiro atoms. The standard InChI is InChI=1S/C12H18N4O4S/c1-8-6-13-11(20-8)7-14-21(18,19)12-9(2)15-16(4-5-17)10(12)3/h6,14,17H,4-5,7H2,1-3H3. The predicted octanol–water partition coefficient (Wildman–Crippen LogP) is 0.267. The summed E-state index contributed by atoms with van der Waals surface area (Å²) >= 11 is 0. The van der Waals surface area contributed by atoms with E-state index in [0.717, 1.165) is 0 Å². The first-order valence-corrected chi connectivity index (χ1v) is 7.89. The third kappa shape index (κ3) is 3.31. The smallest absolute Gasteiger partial charge is 0.244 e. The second kappa shape index (κ2) is 5.96. The van der Waals surface area contributed by atoms with Crippen molar-refractivity contribution in [2.75, 3.05) is 6.61 Å². The fourth-order valence-electron chi connectivity index (χ4n) is 2.09. The maximum atomic E-state index is 12.4. The molecule has 8 nitrogen and oxygen atoms in total. The maximum Gasteiger partial charge on any atom is 0.244 e. The van der Waals surface area contributed by atoms with Gasteiger partial charge in [0.15, 0.2) is 0 Å². The largest absolute Gasteiger partial charge is 0.445 e. The Kier molecular flexibility index (Phi) is 4.45. The van der Waals surface area contributed by atoms with Gasteiger partial charge in [-0.1, -0.05) is 0 Å². The van der Waals surface area contributed by atoms with Gasteiger partial charge in [0.05, 0.1) is 37.3 Å². The molecule has 0 unspecified atom stereocenters. The molecule has 2 rings (SSSR count). The first-order valence-electron chi connectivity index (χ1n) is 6.41. The van der Waals surface area contributed by atoms with Gasteiger partial charge in [-0.25, -0.2) is 18.1 Å². The second-order valence-electron chi connectivity index (χ2n) is 4.64. The summed E-state index contributed by atoms with van der Waals surface area (Å²) in [6.07, 6.45) is 1.53. The molecule has 0 atom stereocenters. The summed E-state index contributed by atoms with van der Waals surface area (Å²) in [5.74, 6) is 0.918. The van der Waals surface area contributed by atoms with Gasteiger partial charge in [-0.15, -0.1) is 0 Å². The molecule has 2 aromatic heterocycles. The van der Waals surface area contributed by atoms with Crippen LogP contribution in [0.25, 0.3) is 0 Å². The molecule has 0 saturated heterocycles. The van der Waals surface area contributed by atoms with Gasteiger partial charge in [-0.2, -0.15) is 5.10 Å². The summed E-state index contributed by atoms with van der Waals surface area (Å²) < 4.78 is 33.9. The Bertz CT molecular complexity index is 733. The molecule has 0 bridgehead atoms. The van der Waals surface area contributed by atoms with Crippen LogP contribution in [0.1, 0.15) is 23.0 Å². The van der Waals surface area contributed by atoms with E-state index in [1.54, 1.807) is 20.8 Å². The number of aryl methyl sites for hydroxylation is 2. The first-order chi connectivity index (χ1) is 9.85. The van der Waals surface area contributed by atoms with Crippen LogP contribution in [0.5, 0.6) is 0 Å². The number of aromatic nitrogens is 3. The van der Waals surface area contributed by atoms with Crippen molar-refractivity contribution in [1.82, 2.24) is 19.5 Å². The minimum absolute atomic E-state index is 0.0275. The highest BCUT2D eigenvalue weighted by Gasteiger charge is 2.24. The van der Waals surface area contributed by atoms with Crippen molar-refractivity contribution in [3.05, 3.63) is 29.2 Å². The van der Waals surface area contributed by atoms with Gasteiger partial charge in [-0.05, 0) is 20.8 Å². The van der Waals surface area contributed by atoms with Crippen molar-refractivity contribution in [3.63, 3.8) is 0 Å². The Morgan fingerprint density at radius 2 is 2.10 bits per heavy atom. The number of oxazole rings is 1. The SMILES string of the molecule is Cc1cnc(CNS(=O)(=O)c2c(C)nn(CCO)c2C)o1. The molecule has 0 saturated carbocycles. The Labute approximate surface area is 122 Å². The molecule has 0 fully saturated rings. The Balaban J connectivity index is 2.23. The lowest BCUT2D eigenvalue weighted by atomic mass is 10.4. The molecule has 116 valence electrons. The Morgan fingerprint density at radius 3 is 2.67 bits per heavy atom. The van der Waals surface area contributed by atoms with Crippen molar-refractivity contribution in [1.29, 1.82) is 0 Å². The number of nitrogens with one attached hydrogen (secondary N) is 1. The lowest BCUT2D eigenvalue weighted by molar-refractivity contribution is 0.267. The predicted molar refractivity (Wildman–Crippen MR) is 74.1 cm³/mol. The highest BCUT2D eigenvalue weighted by molar-refractivity contribution is 7.89. The average molecular weight is 314 g/mol. The van der Waals surface area contributed by atoms with E-state index in [0.29, 0.717) is 23.0 Å². The quantitative estimate of drug-likeness (QED) is 0.791. The number of aliphatic hydroxyl groups excluding tert-OH is 1. The monoisotopic (exact) mass is 314 g/mol. The molecule has 2 N–H and O–H groups in total. The summed E-state index contributed by atoms with van der Waals surface area (Å²) in [7, 11) is -3.72. The third-order valence-corrected chi connectivity index (χ3v) is 4.63. The van der Waals surface area contributed by atoms with E-state index >= 15 is 0 Å². The number of rotatable bonds is 6. The van der Waals surface area contributed by atoms with Crippen molar-refractivity contribution in [2.45, 2.75) is 38.8 Å². The fraction of sp³-hybridized carbons (Fsp3) is 0.500. The second-order valence-corrected chi connectivity index (χ2v) is 6.34. The summed E-state index contributed by atoms with van der Waals surface area (Å²) in [5, 5.41) is 13.1.